The summed E-state index contributed by atoms with van der Waals surface area (Å²) in [5.74, 6) is 0.912. The van der Waals surface area contributed by atoms with Crippen LogP contribution in [0.15, 0.2) is 30.5 Å². The number of aryl methyl sites for hydroxylation is 1. The molecule has 7 heteroatoms. The Balaban J connectivity index is 1.55. The van der Waals surface area contributed by atoms with Crippen LogP contribution >= 0.6 is 0 Å². The van der Waals surface area contributed by atoms with Crippen LogP contribution in [0.3, 0.4) is 0 Å². The molecule has 2 aromatic rings. The van der Waals surface area contributed by atoms with E-state index in [1.165, 1.54) is 0 Å². The van der Waals surface area contributed by atoms with Gasteiger partial charge in [0.2, 0.25) is 0 Å². The van der Waals surface area contributed by atoms with E-state index >= 15 is 0 Å². The molecule has 0 amide bonds. The first-order valence-electron chi connectivity index (χ1n) is 7.85. The number of aromatic nitrogens is 3. The standard InChI is InChI=1S/C16H22FN5O/c1-23-16-5-3-2-4-15(16)21-10-8-20(9-11-21)12-14-13-22(7-6-17)19-18-14/h2-5,13H,6-12H2,1H3. The fraction of sp³-hybridized carbons (Fsp3) is 0.500. The second-order valence-electron chi connectivity index (χ2n) is 5.60. The Labute approximate surface area is 135 Å². The molecule has 1 aliphatic heterocycles. The normalized spacial score (nSPS) is 15.8. The second-order valence-corrected chi connectivity index (χ2v) is 5.60. The number of halogens is 1. The van der Waals surface area contributed by atoms with E-state index < -0.39 is 6.67 Å². The minimum absolute atomic E-state index is 0.272. The number of hydrogen-bond acceptors (Lipinski definition) is 5. The lowest BCUT2D eigenvalue weighted by Crippen LogP contribution is -2.46. The third-order valence-corrected chi connectivity index (χ3v) is 4.08. The lowest BCUT2D eigenvalue weighted by Gasteiger charge is -2.36. The molecule has 0 bridgehead atoms. The minimum Gasteiger partial charge on any atom is -0.495 e. The van der Waals surface area contributed by atoms with Crippen LogP contribution in [0.5, 0.6) is 5.75 Å². The zero-order chi connectivity index (χ0) is 16.1. The summed E-state index contributed by atoms with van der Waals surface area (Å²) in [7, 11) is 1.70. The molecule has 1 aromatic carbocycles. The van der Waals surface area contributed by atoms with E-state index in [-0.39, 0.29) is 6.54 Å². The second kappa shape index (κ2) is 7.41. The van der Waals surface area contributed by atoms with Crippen LogP contribution in [-0.2, 0) is 13.1 Å². The Bertz CT molecular complexity index is 624. The van der Waals surface area contributed by atoms with Gasteiger partial charge in [-0.25, -0.2) is 9.07 Å². The Morgan fingerprint density at radius 1 is 1.17 bits per heavy atom. The summed E-state index contributed by atoms with van der Waals surface area (Å²) in [6.07, 6.45) is 1.83. The smallest absolute Gasteiger partial charge is 0.142 e. The lowest BCUT2D eigenvalue weighted by atomic mass is 10.2. The van der Waals surface area contributed by atoms with E-state index in [4.69, 9.17) is 4.74 Å². The molecule has 124 valence electrons. The van der Waals surface area contributed by atoms with Crippen molar-refractivity contribution in [1.29, 1.82) is 0 Å². The van der Waals surface area contributed by atoms with Gasteiger partial charge < -0.3 is 9.64 Å². The zero-order valence-corrected chi connectivity index (χ0v) is 13.4. The average Bonchev–Trinajstić information content (AvgIpc) is 3.03. The summed E-state index contributed by atoms with van der Waals surface area (Å²) in [4.78, 5) is 4.69. The fourth-order valence-corrected chi connectivity index (χ4v) is 2.87. The number of piperazine rings is 1. The van der Waals surface area contributed by atoms with Gasteiger partial charge in [-0.2, -0.15) is 0 Å². The van der Waals surface area contributed by atoms with E-state index in [0.29, 0.717) is 0 Å². The molecule has 1 aliphatic rings. The van der Waals surface area contributed by atoms with Crippen molar-refractivity contribution in [3.05, 3.63) is 36.2 Å². The first-order valence-corrected chi connectivity index (χ1v) is 7.85. The maximum Gasteiger partial charge on any atom is 0.142 e. The highest BCUT2D eigenvalue weighted by Gasteiger charge is 2.20. The van der Waals surface area contributed by atoms with Crippen LogP contribution in [0.4, 0.5) is 10.1 Å². The highest BCUT2D eigenvalue weighted by Crippen LogP contribution is 2.28. The zero-order valence-electron chi connectivity index (χ0n) is 13.4. The first-order chi connectivity index (χ1) is 11.3. The summed E-state index contributed by atoms with van der Waals surface area (Å²) in [6, 6.07) is 8.11. The van der Waals surface area contributed by atoms with E-state index in [1.54, 1.807) is 11.8 Å². The Kier molecular flexibility index (Phi) is 5.07. The quantitative estimate of drug-likeness (QED) is 0.809. The number of alkyl halides is 1. The van der Waals surface area contributed by atoms with Crippen LogP contribution in [0, 0.1) is 0 Å². The topological polar surface area (TPSA) is 46.4 Å². The van der Waals surface area contributed by atoms with Crippen molar-refractivity contribution in [2.75, 3.05) is 44.9 Å². The molecular weight excluding hydrogens is 297 g/mol. The molecule has 1 aromatic heterocycles. The van der Waals surface area contributed by atoms with Crippen LogP contribution in [0.1, 0.15) is 5.69 Å². The van der Waals surface area contributed by atoms with Gasteiger partial charge in [-0.1, -0.05) is 17.3 Å². The van der Waals surface area contributed by atoms with Crippen molar-refractivity contribution in [2.45, 2.75) is 13.1 Å². The first kappa shape index (κ1) is 15.7. The third kappa shape index (κ3) is 3.79. The van der Waals surface area contributed by atoms with Gasteiger partial charge in [-0.15, -0.1) is 5.10 Å². The monoisotopic (exact) mass is 319 g/mol. The molecule has 1 fully saturated rings. The molecule has 0 atom stereocenters. The number of nitrogens with zero attached hydrogens (tertiary/aromatic N) is 5. The predicted molar refractivity (Wildman–Crippen MR) is 86.5 cm³/mol. The molecule has 0 unspecified atom stereocenters. The van der Waals surface area contributed by atoms with Gasteiger partial charge in [0.1, 0.15) is 12.4 Å². The molecule has 0 N–H and O–H groups in total. The largest absolute Gasteiger partial charge is 0.495 e. The number of ether oxygens (including phenoxy) is 1. The molecule has 1 saturated heterocycles. The minimum atomic E-state index is -0.416. The molecule has 23 heavy (non-hydrogen) atoms. The van der Waals surface area contributed by atoms with Gasteiger partial charge in [-0.05, 0) is 12.1 Å². The van der Waals surface area contributed by atoms with Crippen molar-refractivity contribution < 1.29 is 9.13 Å². The Morgan fingerprint density at radius 2 is 1.96 bits per heavy atom. The summed E-state index contributed by atoms with van der Waals surface area (Å²) < 4.78 is 19.3. The number of rotatable bonds is 6. The summed E-state index contributed by atoms with van der Waals surface area (Å²) in [5.41, 5.74) is 2.03. The van der Waals surface area contributed by atoms with Crippen molar-refractivity contribution in [3.63, 3.8) is 0 Å². The van der Waals surface area contributed by atoms with E-state index in [9.17, 15) is 4.39 Å². The third-order valence-electron chi connectivity index (χ3n) is 4.08. The lowest BCUT2D eigenvalue weighted by molar-refractivity contribution is 0.246. The number of anilines is 1. The predicted octanol–water partition coefficient (Wildman–Crippen LogP) is 1.58. The number of para-hydroxylation sites is 2. The molecule has 2 heterocycles. The average molecular weight is 319 g/mol. The molecule has 3 rings (SSSR count). The SMILES string of the molecule is COc1ccccc1N1CCN(Cc2cn(CCF)nn2)CC1. The van der Waals surface area contributed by atoms with Crippen LogP contribution in [-0.4, -0.2) is 59.9 Å². The number of hydrogen-bond donors (Lipinski definition) is 0. The number of benzene rings is 1. The van der Waals surface area contributed by atoms with Gasteiger partial charge >= 0.3 is 0 Å². The van der Waals surface area contributed by atoms with E-state index in [0.717, 1.165) is 49.9 Å². The molecule has 6 nitrogen and oxygen atoms in total. The highest BCUT2D eigenvalue weighted by molar-refractivity contribution is 5.58. The highest BCUT2D eigenvalue weighted by atomic mass is 19.1. The van der Waals surface area contributed by atoms with Crippen molar-refractivity contribution >= 4 is 5.69 Å². The maximum atomic E-state index is 12.3. The Hall–Kier alpha value is -2.15. The summed E-state index contributed by atoms with van der Waals surface area (Å²) >= 11 is 0. The molecule has 0 spiro atoms. The van der Waals surface area contributed by atoms with Gasteiger partial charge in [0, 0.05) is 38.9 Å². The molecule has 0 saturated carbocycles. The summed E-state index contributed by atoms with van der Waals surface area (Å²) in [5, 5.41) is 8.03. The van der Waals surface area contributed by atoms with E-state index in [2.05, 4.69) is 26.2 Å². The number of methoxy groups -OCH3 is 1. The fourth-order valence-electron chi connectivity index (χ4n) is 2.87. The molecule has 0 aliphatic carbocycles. The molecular formula is C16H22FN5O. The summed E-state index contributed by atoms with van der Waals surface area (Å²) in [6.45, 7) is 4.40. The van der Waals surface area contributed by atoms with Crippen LogP contribution < -0.4 is 9.64 Å². The van der Waals surface area contributed by atoms with Crippen molar-refractivity contribution in [2.24, 2.45) is 0 Å². The van der Waals surface area contributed by atoms with Gasteiger partial charge in [0.05, 0.1) is 25.0 Å². The van der Waals surface area contributed by atoms with Crippen LogP contribution in [0.25, 0.3) is 0 Å². The van der Waals surface area contributed by atoms with Crippen molar-refractivity contribution in [1.82, 2.24) is 19.9 Å². The Morgan fingerprint density at radius 3 is 2.70 bits per heavy atom. The van der Waals surface area contributed by atoms with Gasteiger partial charge in [0.25, 0.3) is 0 Å². The van der Waals surface area contributed by atoms with Gasteiger partial charge in [0.15, 0.2) is 0 Å². The maximum absolute atomic E-state index is 12.3. The van der Waals surface area contributed by atoms with Gasteiger partial charge in [-0.3, -0.25) is 4.90 Å². The van der Waals surface area contributed by atoms with E-state index in [1.807, 2.05) is 24.4 Å². The van der Waals surface area contributed by atoms with Crippen molar-refractivity contribution in [3.8, 4) is 5.75 Å². The van der Waals surface area contributed by atoms with Crippen LogP contribution in [0.2, 0.25) is 0 Å². The molecule has 0 radical (unpaired) electrons.